The van der Waals surface area contributed by atoms with Gasteiger partial charge in [0.1, 0.15) is 0 Å². The van der Waals surface area contributed by atoms with Gasteiger partial charge in [0.15, 0.2) is 0 Å². The summed E-state index contributed by atoms with van der Waals surface area (Å²) in [4.78, 5) is 0. The number of alkyl halides is 6. The molecule has 1 N–H and O–H groups in total. The first-order valence-electron chi connectivity index (χ1n) is 7.77. The van der Waals surface area contributed by atoms with Crippen LogP contribution in [0, 0.1) is 0 Å². The van der Waals surface area contributed by atoms with Crippen molar-refractivity contribution in [2.45, 2.75) is 31.5 Å². The summed E-state index contributed by atoms with van der Waals surface area (Å²) in [6, 6.07) is 12.7. The summed E-state index contributed by atoms with van der Waals surface area (Å²) in [7, 11) is 0. The van der Waals surface area contributed by atoms with Gasteiger partial charge in [-0.15, -0.1) is 13.2 Å². The molecule has 2 aromatic rings. The molecular weight excluding hydrogens is 360 g/mol. The number of benzene rings is 2. The van der Waals surface area contributed by atoms with Gasteiger partial charge in [0.25, 0.3) is 0 Å². The summed E-state index contributed by atoms with van der Waals surface area (Å²) in [5, 5.41) is 2.84. The van der Waals surface area contributed by atoms with Crippen LogP contribution in [0.5, 0.6) is 0 Å². The van der Waals surface area contributed by atoms with E-state index in [1.54, 1.807) is 30.3 Å². The second-order valence-electron chi connectivity index (χ2n) is 5.72. The highest BCUT2D eigenvalue weighted by molar-refractivity contribution is 5.25. The van der Waals surface area contributed by atoms with Crippen LogP contribution in [0.3, 0.4) is 0 Å². The zero-order chi connectivity index (χ0) is 19.2. The first-order valence-corrected chi connectivity index (χ1v) is 7.77. The standard InChI is InChI=1S/C18H17F6NO/c19-17(20,21)15-8-4-7-14(9-15)11-25-16(12-26-18(22,23)24)10-13-5-2-1-3-6-13/h1-9,16,25H,10-12H2. The molecule has 0 aromatic heterocycles. The number of rotatable bonds is 7. The van der Waals surface area contributed by atoms with Crippen molar-refractivity contribution in [1.82, 2.24) is 5.32 Å². The third-order valence-corrected chi connectivity index (χ3v) is 3.62. The van der Waals surface area contributed by atoms with E-state index in [-0.39, 0.29) is 13.0 Å². The summed E-state index contributed by atoms with van der Waals surface area (Å²) in [5.41, 5.74) is 0.313. The van der Waals surface area contributed by atoms with Crippen molar-refractivity contribution in [3.8, 4) is 0 Å². The zero-order valence-electron chi connectivity index (χ0n) is 13.6. The number of ether oxygens (including phenoxy) is 1. The van der Waals surface area contributed by atoms with Crippen LogP contribution in [0.1, 0.15) is 16.7 Å². The lowest BCUT2D eigenvalue weighted by molar-refractivity contribution is -0.326. The van der Waals surface area contributed by atoms with Crippen LogP contribution in [0.25, 0.3) is 0 Å². The maximum atomic E-state index is 12.7. The molecule has 0 spiro atoms. The molecule has 0 radical (unpaired) electrons. The van der Waals surface area contributed by atoms with Crippen LogP contribution >= 0.6 is 0 Å². The molecule has 0 aliphatic rings. The van der Waals surface area contributed by atoms with Gasteiger partial charge in [0.2, 0.25) is 0 Å². The smallest absolute Gasteiger partial charge is 0.307 e. The highest BCUT2D eigenvalue weighted by Gasteiger charge is 2.31. The van der Waals surface area contributed by atoms with Crippen molar-refractivity contribution < 1.29 is 31.1 Å². The number of hydrogen-bond donors (Lipinski definition) is 1. The van der Waals surface area contributed by atoms with Gasteiger partial charge >= 0.3 is 12.5 Å². The molecule has 2 nitrogen and oxygen atoms in total. The average molecular weight is 377 g/mol. The molecule has 0 saturated heterocycles. The maximum absolute atomic E-state index is 12.7. The summed E-state index contributed by atoms with van der Waals surface area (Å²) in [6.45, 7) is -0.653. The van der Waals surface area contributed by atoms with E-state index in [0.29, 0.717) is 5.56 Å². The van der Waals surface area contributed by atoms with Gasteiger partial charge in [-0.05, 0) is 23.6 Å². The quantitative estimate of drug-likeness (QED) is 0.690. The molecule has 8 heteroatoms. The summed E-state index contributed by atoms with van der Waals surface area (Å²) < 4.78 is 79.1. The largest absolute Gasteiger partial charge is 0.522 e. The van der Waals surface area contributed by atoms with Gasteiger partial charge in [-0.2, -0.15) is 13.2 Å². The number of nitrogens with one attached hydrogen (secondary N) is 1. The molecule has 26 heavy (non-hydrogen) atoms. The lowest BCUT2D eigenvalue weighted by Gasteiger charge is -2.20. The van der Waals surface area contributed by atoms with Gasteiger partial charge < -0.3 is 5.32 Å². The first-order chi connectivity index (χ1) is 12.1. The summed E-state index contributed by atoms with van der Waals surface area (Å²) in [5.74, 6) is 0. The highest BCUT2D eigenvalue weighted by atomic mass is 19.4. The van der Waals surface area contributed by atoms with Crippen molar-refractivity contribution in [1.29, 1.82) is 0 Å². The molecule has 0 bridgehead atoms. The Morgan fingerprint density at radius 1 is 0.846 bits per heavy atom. The van der Waals surface area contributed by atoms with Crippen LogP contribution < -0.4 is 5.32 Å². The van der Waals surface area contributed by atoms with Crippen molar-refractivity contribution in [3.63, 3.8) is 0 Å². The molecule has 0 fully saturated rings. The van der Waals surface area contributed by atoms with E-state index in [9.17, 15) is 26.3 Å². The van der Waals surface area contributed by atoms with Crippen LogP contribution in [0.15, 0.2) is 54.6 Å². The Kier molecular flexibility index (Phi) is 6.66. The van der Waals surface area contributed by atoms with Crippen molar-refractivity contribution >= 4 is 0 Å². The Labute approximate surface area is 146 Å². The van der Waals surface area contributed by atoms with Gasteiger partial charge in [0, 0.05) is 12.6 Å². The maximum Gasteiger partial charge on any atom is 0.522 e. The fourth-order valence-corrected chi connectivity index (χ4v) is 2.40. The molecule has 0 amide bonds. The first kappa shape index (κ1) is 20.3. The lowest BCUT2D eigenvalue weighted by Crippen LogP contribution is -2.37. The third-order valence-electron chi connectivity index (χ3n) is 3.62. The SMILES string of the molecule is FC(F)(F)OCC(Cc1ccccc1)NCc1cccc(C(F)(F)F)c1. The van der Waals surface area contributed by atoms with Crippen molar-refractivity contribution in [2.75, 3.05) is 6.61 Å². The highest BCUT2D eigenvalue weighted by Crippen LogP contribution is 2.29. The van der Waals surface area contributed by atoms with E-state index in [1.807, 2.05) is 0 Å². The van der Waals surface area contributed by atoms with Crippen LogP contribution in [0.2, 0.25) is 0 Å². The van der Waals surface area contributed by atoms with Gasteiger partial charge in [-0.3, -0.25) is 4.74 Å². The molecular formula is C18H17F6NO. The minimum atomic E-state index is -4.77. The lowest BCUT2D eigenvalue weighted by atomic mass is 10.1. The summed E-state index contributed by atoms with van der Waals surface area (Å²) >= 11 is 0. The monoisotopic (exact) mass is 377 g/mol. The minimum absolute atomic E-state index is 0.0113. The third kappa shape index (κ3) is 7.05. The fraction of sp³-hybridized carbons (Fsp3) is 0.333. The number of hydrogen-bond acceptors (Lipinski definition) is 2. The Hall–Kier alpha value is -2.06. The van der Waals surface area contributed by atoms with E-state index in [2.05, 4.69) is 10.1 Å². The molecule has 1 atom stereocenters. The van der Waals surface area contributed by atoms with Crippen LogP contribution in [0.4, 0.5) is 26.3 Å². The van der Waals surface area contributed by atoms with E-state index < -0.39 is 30.8 Å². The molecule has 2 rings (SSSR count). The molecule has 0 aliphatic carbocycles. The molecule has 0 saturated carbocycles. The van der Waals surface area contributed by atoms with Crippen molar-refractivity contribution in [3.05, 3.63) is 71.3 Å². The minimum Gasteiger partial charge on any atom is -0.307 e. The average Bonchev–Trinajstić information content (AvgIpc) is 2.57. The van der Waals surface area contributed by atoms with Gasteiger partial charge in [0.05, 0.1) is 12.2 Å². The number of halogens is 6. The second kappa shape index (κ2) is 8.55. The fourth-order valence-electron chi connectivity index (χ4n) is 2.40. The van der Waals surface area contributed by atoms with E-state index in [1.165, 1.54) is 12.1 Å². The van der Waals surface area contributed by atoms with Crippen LogP contribution in [-0.2, 0) is 23.9 Å². The molecule has 142 valence electrons. The van der Waals surface area contributed by atoms with E-state index in [4.69, 9.17) is 0 Å². The Morgan fingerprint density at radius 2 is 1.50 bits per heavy atom. The Morgan fingerprint density at radius 3 is 2.12 bits per heavy atom. The predicted octanol–water partition coefficient (Wildman–Crippen LogP) is 4.94. The molecule has 0 heterocycles. The molecule has 1 unspecified atom stereocenters. The normalized spacial score (nSPS) is 13.6. The van der Waals surface area contributed by atoms with Crippen molar-refractivity contribution in [2.24, 2.45) is 0 Å². The summed E-state index contributed by atoms with van der Waals surface area (Å²) in [6.07, 6.45) is -9.00. The topological polar surface area (TPSA) is 21.3 Å². The molecule has 2 aromatic carbocycles. The van der Waals surface area contributed by atoms with E-state index in [0.717, 1.165) is 17.7 Å². The zero-order valence-corrected chi connectivity index (χ0v) is 13.6. The van der Waals surface area contributed by atoms with Crippen LogP contribution in [-0.4, -0.2) is 19.0 Å². The van der Waals surface area contributed by atoms with Gasteiger partial charge in [-0.25, -0.2) is 0 Å². The molecule has 0 aliphatic heterocycles. The Bertz CT molecular complexity index is 684. The van der Waals surface area contributed by atoms with E-state index >= 15 is 0 Å². The Balaban J connectivity index is 2.03. The van der Waals surface area contributed by atoms with Gasteiger partial charge in [-0.1, -0.05) is 48.5 Å². The second-order valence-corrected chi connectivity index (χ2v) is 5.72. The predicted molar refractivity (Wildman–Crippen MR) is 84.2 cm³/mol.